The number of halogens is 4. The van der Waals surface area contributed by atoms with Crippen LogP contribution < -0.4 is 39.4 Å². The molecular weight excluding hydrogens is 408 g/mol. The summed E-state index contributed by atoms with van der Waals surface area (Å²) in [6, 6.07) is 8.40. The number of carboxylic acids is 1. The number of rotatable bonds is 6. The number of furan rings is 1. The van der Waals surface area contributed by atoms with Gasteiger partial charge in [0.25, 0.3) is 0 Å². The van der Waals surface area contributed by atoms with E-state index in [0.29, 0.717) is 28.5 Å². The van der Waals surface area contributed by atoms with E-state index < -0.39 is 35.6 Å². The first-order valence-electron chi connectivity index (χ1n) is 7.68. The van der Waals surface area contributed by atoms with E-state index in [1.165, 1.54) is 24.3 Å². The number of hydrogen-bond acceptors (Lipinski definition) is 4. The molecule has 0 aliphatic carbocycles. The molecule has 0 saturated carbocycles. The van der Waals surface area contributed by atoms with Crippen molar-refractivity contribution in [3.8, 4) is 5.75 Å². The zero-order valence-electron chi connectivity index (χ0n) is 14.6. The van der Waals surface area contributed by atoms with E-state index in [9.17, 15) is 23.1 Å². The van der Waals surface area contributed by atoms with Crippen molar-refractivity contribution >= 4 is 17.6 Å². The SMILES string of the molecule is O=C([O-])c1ccc(Cc2cc(Cl)ccc2OCc2c(F)cc(F)cc2F)o1.[Na+]. The summed E-state index contributed by atoms with van der Waals surface area (Å²) >= 11 is 5.97. The molecule has 140 valence electrons. The van der Waals surface area contributed by atoms with Crippen LogP contribution in [0.4, 0.5) is 13.2 Å². The smallest absolute Gasteiger partial charge is 0.542 e. The van der Waals surface area contributed by atoms with Gasteiger partial charge in [0.05, 0.1) is 5.56 Å². The molecule has 0 aliphatic heterocycles. The maximum absolute atomic E-state index is 13.7. The van der Waals surface area contributed by atoms with Crippen molar-refractivity contribution in [3.63, 3.8) is 0 Å². The Balaban J connectivity index is 0.00000280. The van der Waals surface area contributed by atoms with Crippen molar-refractivity contribution < 1.29 is 61.8 Å². The van der Waals surface area contributed by atoms with Gasteiger partial charge in [0.15, 0.2) is 0 Å². The van der Waals surface area contributed by atoms with Gasteiger partial charge in [-0.05, 0) is 30.3 Å². The summed E-state index contributed by atoms with van der Waals surface area (Å²) < 4.78 is 51.1. The van der Waals surface area contributed by atoms with Crippen molar-refractivity contribution in [3.05, 3.63) is 87.6 Å². The molecule has 0 fully saturated rings. The molecule has 0 atom stereocenters. The van der Waals surface area contributed by atoms with Crippen LogP contribution in [0, 0.1) is 17.5 Å². The molecular formula is C19H11ClF3NaO4. The summed E-state index contributed by atoms with van der Waals surface area (Å²) in [6.07, 6.45) is 0.123. The zero-order chi connectivity index (χ0) is 19.6. The summed E-state index contributed by atoms with van der Waals surface area (Å²) in [6.45, 7) is -0.477. The van der Waals surface area contributed by atoms with Gasteiger partial charge in [-0.2, -0.15) is 0 Å². The fourth-order valence-electron chi connectivity index (χ4n) is 2.46. The van der Waals surface area contributed by atoms with E-state index >= 15 is 0 Å². The second kappa shape index (κ2) is 9.52. The molecule has 0 amide bonds. The molecule has 0 N–H and O–H groups in total. The molecule has 3 aromatic rings. The first-order chi connectivity index (χ1) is 12.8. The van der Waals surface area contributed by atoms with Crippen molar-refractivity contribution in [2.45, 2.75) is 13.0 Å². The van der Waals surface area contributed by atoms with E-state index in [1.54, 1.807) is 6.07 Å². The topological polar surface area (TPSA) is 62.5 Å². The maximum Gasteiger partial charge on any atom is 1.00 e. The van der Waals surface area contributed by atoms with Gasteiger partial charge < -0.3 is 19.1 Å². The van der Waals surface area contributed by atoms with E-state index in [2.05, 4.69) is 0 Å². The molecule has 28 heavy (non-hydrogen) atoms. The van der Waals surface area contributed by atoms with E-state index in [4.69, 9.17) is 20.8 Å². The fourth-order valence-corrected chi connectivity index (χ4v) is 2.65. The Labute approximate surface area is 185 Å². The Hall–Kier alpha value is -1.93. The summed E-state index contributed by atoms with van der Waals surface area (Å²) in [5, 5.41) is 11.2. The number of carboxylic acid groups (broad SMARTS) is 1. The van der Waals surface area contributed by atoms with Crippen LogP contribution in [0.5, 0.6) is 5.75 Å². The number of benzene rings is 2. The van der Waals surface area contributed by atoms with Crippen LogP contribution in [0.25, 0.3) is 0 Å². The standard InChI is InChI=1S/C19H12ClF3O4.Na/c20-11-1-3-17(26-9-14-15(22)7-12(21)8-16(14)23)10(5-11)6-13-2-4-18(27-13)19(24)25;/h1-5,7-8H,6,9H2,(H,24,25);/q;+1/p-1. The number of aromatic carboxylic acids is 1. The van der Waals surface area contributed by atoms with Crippen LogP contribution in [-0.4, -0.2) is 5.97 Å². The van der Waals surface area contributed by atoms with Crippen LogP contribution in [0.2, 0.25) is 5.02 Å². The van der Waals surface area contributed by atoms with E-state index in [0.717, 1.165) is 0 Å². The van der Waals surface area contributed by atoms with Crippen LogP contribution in [0.3, 0.4) is 0 Å². The van der Waals surface area contributed by atoms with Gasteiger partial charge in [0.1, 0.15) is 47.3 Å². The van der Waals surface area contributed by atoms with Crippen LogP contribution in [0.1, 0.15) is 27.4 Å². The first kappa shape index (κ1) is 22.4. The molecule has 0 aliphatic rings. The molecule has 3 rings (SSSR count). The number of ether oxygens (including phenoxy) is 1. The Kier molecular flexibility index (Phi) is 7.60. The monoisotopic (exact) mass is 418 g/mol. The Morgan fingerprint density at radius 1 is 1.07 bits per heavy atom. The second-order valence-electron chi connectivity index (χ2n) is 5.62. The van der Waals surface area contributed by atoms with E-state index in [1.807, 2.05) is 0 Å². The van der Waals surface area contributed by atoms with Crippen molar-refractivity contribution in [2.75, 3.05) is 0 Å². The quantitative estimate of drug-likeness (QED) is 0.558. The Morgan fingerprint density at radius 2 is 1.75 bits per heavy atom. The van der Waals surface area contributed by atoms with Crippen molar-refractivity contribution in [1.82, 2.24) is 0 Å². The minimum atomic E-state index is -1.45. The number of hydrogen-bond donors (Lipinski definition) is 0. The number of carbonyl (C=O) groups excluding carboxylic acids is 1. The Morgan fingerprint density at radius 3 is 2.36 bits per heavy atom. The fraction of sp³-hybridized carbons (Fsp3) is 0.105. The van der Waals surface area contributed by atoms with Gasteiger partial charge in [0.2, 0.25) is 0 Å². The molecule has 0 spiro atoms. The number of carbonyl (C=O) groups is 1. The van der Waals surface area contributed by atoms with Crippen LogP contribution in [-0.2, 0) is 13.0 Å². The molecule has 0 bridgehead atoms. The molecule has 4 nitrogen and oxygen atoms in total. The molecule has 9 heteroatoms. The molecule has 0 saturated heterocycles. The van der Waals surface area contributed by atoms with Crippen molar-refractivity contribution in [1.29, 1.82) is 0 Å². The van der Waals surface area contributed by atoms with Gasteiger partial charge in [-0.3, -0.25) is 0 Å². The second-order valence-corrected chi connectivity index (χ2v) is 6.06. The summed E-state index contributed by atoms with van der Waals surface area (Å²) in [5.41, 5.74) is 0.0826. The molecule has 0 radical (unpaired) electrons. The van der Waals surface area contributed by atoms with Gasteiger partial charge in [-0.25, -0.2) is 13.2 Å². The first-order valence-corrected chi connectivity index (χ1v) is 8.06. The predicted octanol–water partition coefficient (Wildman–Crippen LogP) is 0.888. The summed E-state index contributed by atoms with van der Waals surface area (Å²) in [7, 11) is 0. The minimum absolute atomic E-state index is 0. The zero-order valence-corrected chi connectivity index (χ0v) is 17.4. The maximum atomic E-state index is 13.7. The van der Waals surface area contributed by atoms with Gasteiger partial charge >= 0.3 is 29.6 Å². The van der Waals surface area contributed by atoms with Gasteiger partial charge in [0, 0.05) is 29.1 Å². The predicted molar refractivity (Wildman–Crippen MR) is 87.9 cm³/mol. The van der Waals surface area contributed by atoms with Gasteiger partial charge in [-0.15, -0.1) is 0 Å². The molecule has 1 heterocycles. The third-order valence-corrected chi connectivity index (χ3v) is 3.96. The average molecular weight is 419 g/mol. The third kappa shape index (κ3) is 5.32. The third-order valence-electron chi connectivity index (χ3n) is 3.73. The normalized spacial score (nSPS) is 10.4. The minimum Gasteiger partial charge on any atom is -0.542 e. The summed E-state index contributed by atoms with van der Waals surface area (Å²) in [4.78, 5) is 10.8. The van der Waals surface area contributed by atoms with E-state index in [-0.39, 0.29) is 47.5 Å². The molecule has 1 aromatic heterocycles. The average Bonchev–Trinajstić information content (AvgIpc) is 3.04. The van der Waals surface area contributed by atoms with Crippen LogP contribution in [0.15, 0.2) is 46.9 Å². The largest absolute Gasteiger partial charge is 1.00 e. The molecule has 0 unspecified atom stereocenters. The van der Waals surface area contributed by atoms with Crippen LogP contribution >= 0.6 is 11.6 Å². The van der Waals surface area contributed by atoms with Crippen molar-refractivity contribution in [2.24, 2.45) is 0 Å². The Bertz CT molecular complexity index is 984. The molecule has 2 aromatic carbocycles. The summed E-state index contributed by atoms with van der Waals surface area (Å²) in [5.74, 6) is -4.37. The van der Waals surface area contributed by atoms with Gasteiger partial charge in [-0.1, -0.05) is 11.6 Å².